The van der Waals surface area contributed by atoms with Crippen LogP contribution in [0.15, 0.2) is 12.1 Å². The fourth-order valence-corrected chi connectivity index (χ4v) is 2.30. The predicted octanol–water partition coefficient (Wildman–Crippen LogP) is 1.37. The summed E-state index contributed by atoms with van der Waals surface area (Å²) in [6, 6.07) is 4.25. The van der Waals surface area contributed by atoms with E-state index >= 15 is 0 Å². The zero-order valence-electron chi connectivity index (χ0n) is 11.1. The van der Waals surface area contributed by atoms with Crippen LogP contribution in [-0.2, 0) is 4.74 Å². The van der Waals surface area contributed by atoms with Crippen LogP contribution in [0.1, 0.15) is 18.3 Å². The molecule has 0 bridgehead atoms. The smallest absolute Gasteiger partial charge is 0.0890 e. The fraction of sp³-hybridized carbons (Fsp3) is 0.692. The van der Waals surface area contributed by atoms with Crippen molar-refractivity contribution < 1.29 is 4.74 Å². The molecule has 0 aromatic carbocycles. The molecule has 0 aliphatic carbocycles. The van der Waals surface area contributed by atoms with Gasteiger partial charge >= 0.3 is 0 Å². The maximum Gasteiger partial charge on any atom is 0.0890 e. The monoisotopic (exact) mass is 237 g/mol. The second kappa shape index (κ2) is 5.56. The minimum absolute atomic E-state index is 0.296. The van der Waals surface area contributed by atoms with Gasteiger partial charge in [0.25, 0.3) is 0 Å². The Morgan fingerprint density at radius 1 is 1.35 bits per heavy atom. The number of hydrogen-bond acceptors (Lipinski definition) is 3. The molecule has 0 saturated carbocycles. The number of aryl methyl sites for hydroxylation is 2. The molecular weight excluding hydrogens is 214 g/mol. The van der Waals surface area contributed by atoms with E-state index in [1.54, 1.807) is 0 Å². The van der Waals surface area contributed by atoms with Crippen molar-refractivity contribution in [3.63, 3.8) is 0 Å². The molecule has 4 nitrogen and oxygen atoms in total. The zero-order chi connectivity index (χ0) is 12.3. The van der Waals surface area contributed by atoms with Crippen LogP contribution in [0.2, 0.25) is 0 Å². The van der Waals surface area contributed by atoms with Crippen LogP contribution in [0.4, 0.5) is 0 Å². The second-order valence-electron chi connectivity index (χ2n) is 4.70. The van der Waals surface area contributed by atoms with Crippen LogP contribution < -0.4 is 5.43 Å². The molecule has 1 unspecified atom stereocenters. The van der Waals surface area contributed by atoms with Crippen LogP contribution in [-0.4, -0.2) is 48.5 Å². The summed E-state index contributed by atoms with van der Waals surface area (Å²) in [7, 11) is 0. The number of hydrogen-bond donors (Lipinski definition) is 1. The number of morpholine rings is 1. The first-order valence-electron chi connectivity index (χ1n) is 6.43. The van der Waals surface area contributed by atoms with Gasteiger partial charge < -0.3 is 10.2 Å². The van der Waals surface area contributed by atoms with Crippen LogP contribution in [0.3, 0.4) is 0 Å². The van der Waals surface area contributed by atoms with Gasteiger partial charge in [0.15, 0.2) is 0 Å². The molecular formula is C13H23N3O. The van der Waals surface area contributed by atoms with Gasteiger partial charge in [0, 0.05) is 24.5 Å². The Bertz CT molecular complexity index is 342. The highest BCUT2D eigenvalue weighted by Crippen LogP contribution is 2.07. The number of likely N-dealkylation sites (N-methyl/N-ethyl adjacent to an activating group) is 1. The van der Waals surface area contributed by atoms with Crippen LogP contribution in [0, 0.1) is 13.8 Å². The van der Waals surface area contributed by atoms with Gasteiger partial charge in [-0.3, -0.25) is 9.58 Å². The van der Waals surface area contributed by atoms with Gasteiger partial charge in [-0.05, 0) is 32.5 Å². The van der Waals surface area contributed by atoms with Crippen molar-refractivity contribution in [3.8, 4) is 0 Å². The second-order valence-corrected chi connectivity index (χ2v) is 4.70. The van der Waals surface area contributed by atoms with E-state index in [2.05, 4.69) is 47.9 Å². The summed E-state index contributed by atoms with van der Waals surface area (Å²) in [5, 5.41) is 0. The molecule has 0 spiro atoms. The van der Waals surface area contributed by atoms with Crippen molar-refractivity contribution >= 4 is 0 Å². The lowest BCUT2D eigenvalue weighted by atomic mass is 10.3. The Morgan fingerprint density at radius 2 is 2.06 bits per heavy atom. The molecule has 1 saturated heterocycles. The SMILES string of the molecule is CCN1CCOC(CNn2c(C)ccc2C)C1. The number of nitrogens with zero attached hydrogens (tertiary/aromatic N) is 2. The Kier molecular flexibility index (Phi) is 4.07. The van der Waals surface area contributed by atoms with Gasteiger partial charge in [0.1, 0.15) is 0 Å². The highest BCUT2D eigenvalue weighted by Gasteiger charge is 2.19. The van der Waals surface area contributed by atoms with E-state index in [0.717, 1.165) is 32.8 Å². The topological polar surface area (TPSA) is 29.4 Å². The van der Waals surface area contributed by atoms with Crippen molar-refractivity contribution in [1.82, 2.24) is 9.58 Å². The Labute approximate surface area is 104 Å². The quantitative estimate of drug-likeness (QED) is 0.857. The van der Waals surface area contributed by atoms with Gasteiger partial charge in [-0.25, -0.2) is 0 Å². The third kappa shape index (κ3) is 3.01. The largest absolute Gasteiger partial charge is 0.374 e. The van der Waals surface area contributed by atoms with Gasteiger partial charge in [-0.2, -0.15) is 0 Å². The van der Waals surface area contributed by atoms with Crippen molar-refractivity contribution in [1.29, 1.82) is 0 Å². The summed E-state index contributed by atoms with van der Waals surface area (Å²) in [6.45, 7) is 11.4. The number of ether oxygens (including phenoxy) is 1. The summed E-state index contributed by atoms with van der Waals surface area (Å²) >= 11 is 0. The molecule has 17 heavy (non-hydrogen) atoms. The minimum Gasteiger partial charge on any atom is -0.374 e. The number of nitrogens with one attached hydrogen (secondary N) is 1. The molecule has 0 amide bonds. The summed E-state index contributed by atoms with van der Waals surface area (Å²) in [6.07, 6.45) is 0.296. The molecule has 1 aliphatic rings. The molecule has 1 aromatic rings. The van der Waals surface area contributed by atoms with Gasteiger partial charge in [-0.1, -0.05) is 6.92 Å². The molecule has 4 heteroatoms. The van der Waals surface area contributed by atoms with Crippen molar-refractivity contribution in [2.45, 2.75) is 26.9 Å². The number of aromatic nitrogens is 1. The van der Waals surface area contributed by atoms with Gasteiger partial charge in [0.2, 0.25) is 0 Å². The average Bonchev–Trinajstić information content (AvgIpc) is 2.67. The van der Waals surface area contributed by atoms with Crippen LogP contribution >= 0.6 is 0 Å². The van der Waals surface area contributed by atoms with Crippen LogP contribution in [0.5, 0.6) is 0 Å². The van der Waals surface area contributed by atoms with Gasteiger partial charge in [-0.15, -0.1) is 0 Å². The Balaban J connectivity index is 1.86. The molecule has 1 atom stereocenters. The molecule has 96 valence electrons. The minimum atomic E-state index is 0.296. The fourth-order valence-electron chi connectivity index (χ4n) is 2.30. The predicted molar refractivity (Wildman–Crippen MR) is 70.0 cm³/mol. The third-order valence-electron chi connectivity index (χ3n) is 3.42. The first-order valence-corrected chi connectivity index (χ1v) is 6.43. The molecule has 1 aliphatic heterocycles. The molecule has 2 rings (SSSR count). The third-order valence-corrected chi connectivity index (χ3v) is 3.42. The van der Waals surface area contributed by atoms with Gasteiger partial charge in [0.05, 0.1) is 19.3 Å². The zero-order valence-corrected chi connectivity index (χ0v) is 11.1. The summed E-state index contributed by atoms with van der Waals surface area (Å²) in [4.78, 5) is 2.44. The van der Waals surface area contributed by atoms with E-state index in [-0.39, 0.29) is 0 Å². The maximum absolute atomic E-state index is 5.77. The summed E-state index contributed by atoms with van der Waals surface area (Å²) < 4.78 is 7.90. The summed E-state index contributed by atoms with van der Waals surface area (Å²) in [5.74, 6) is 0. The average molecular weight is 237 g/mol. The molecule has 2 heterocycles. The lowest BCUT2D eigenvalue weighted by Crippen LogP contribution is -2.46. The first kappa shape index (κ1) is 12.5. The van der Waals surface area contributed by atoms with E-state index in [0.29, 0.717) is 6.10 Å². The van der Waals surface area contributed by atoms with E-state index in [9.17, 15) is 0 Å². The highest BCUT2D eigenvalue weighted by atomic mass is 16.5. The van der Waals surface area contributed by atoms with E-state index in [4.69, 9.17) is 4.74 Å². The Hall–Kier alpha value is -1.00. The maximum atomic E-state index is 5.77. The Morgan fingerprint density at radius 3 is 2.71 bits per heavy atom. The first-order chi connectivity index (χ1) is 8.20. The molecule has 1 aromatic heterocycles. The van der Waals surface area contributed by atoms with E-state index in [1.165, 1.54) is 11.4 Å². The van der Waals surface area contributed by atoms with Crippen molar-refractivity contribution in [3.05, 3.63) is 23.5 Å². The summed E-state index contributed by atoms with van der Waals surface area (Å²) in [5.41, 5.74) is 5.92. The van der Waals surface area contributed by atoms with Crippen LogP contribution in [0.25, 0.3) is 0 Å². The molecule has 1 N–H and O–H groups in total. The normalized spacial score (nSPS) is 21.7. The lowest BCUT2D eigenvalue weighted by molar-refractivity contribution is -0.0203. The molecule has 0 radical (unpaired) electrons. The van der Waals surface area contributed by atoms with E-state index < -0.39 is 0 Å². The molecule has 1 fully saturated rings. The van der Waals surface area contributed by atoms with E-state index in [1.807, 2.05) is 0 Å². The van der Waals surface area contributed by atoms with Crippen molar-refractivity contribution in [2.75, 3.05) is 38.2 Å². The lowest BCUT2D eigenvalue weighted by Gasteiger charge is -2.32. The number of rotatable bonds is 4. The standard InChI is InChI=1S/C13H23N3O/c1-4-15-7-8-17-13(10-15)9-14-16-11(2)5-6-12(16)3/h5-6,13-14H,4,7-10H2,1-3H3. The highest BCUT2D eigenvalue weighted by molar-refractivity contribution is 5.15. The van der Waals surface area contributed by atoms with Crippen molar-refractivity contribution in [2.24, 2.45) is 0 Å².